The van der Waals surface area contributed by atoms with Gasteiger partial charge in [0.2, 0.25) is 5.91 Å². The predicted octanol–water partition coefficient (Wildman–Crippen LogP) is 5.89. The van der Waals surface area contributed by atoms with Crippen LogP contribution in [0.1, 0.15) is 12.5 Å². The first-order valence-electron chi connectivity index (χ1n) is 10.8. The van der Waals surface area contributed by atoms with Gasteiger partial charge in [0, 0.05) is 40.4 Å². The molecule has 0 saturated heterocycles. The molecule has 162 valence electrons. The fourth-order valence-corrected chi connectivity index (χ4v) is 3.90. The van der Waals surface area contributed by atoms with Crippen LogP contribution in [0.5, 0.6) is 0 Å². The Morgan fingerprint density at radius 2 is 1.82 bits per heavy atom. The molecule has 6 nitrogen and oxygen atoms in total. The first kappa shape index (κ1) is 20.5. The SMILES string of the molecule is C/C=C/C(=O)Nc1ccc2ncnc(Nc3ccc4c(ccn4Cc4ccccc4)c3)c2c1. The molecule has 2 heterocycles. The van der Waals surface area contributed by atoms with E-state index in [4.69, 9.17) is 0 Å². The molecule has 0 aliphatic rings. The van der Waals surface area contributed by atoms with Gasteiger partial charge in [0.15, 0.2) is 0 Å². The Balaban J connectivity index is 1.43. The fraction of sp³-hybridized carbons (Fsp3) is 0.0741. The summed E-state index contributed by atoms with van der Waals surface area (Å²) in [6.45, 7) is 2.64. The Morgan fingerprint density at radius 3 is 2.67 bits per heavy atom. The number of amides is 1. The average Bonchev–Trinajstić information content (AvgIpc) is 3.22. The number of carbonyl (C=O) groups is 1. The molecule has 6 heteroatoms. The molecule has 0 saturated carbocycles. The molecule has 2 aromatic heterocycles. The second-order valence-electron chi connectivity index (χ2n) is 7.77. The van der Waals surface area contributed by atoms with E-state index in [1.165, 1.54) is 23.5 Å². The third kappa shape index (κ3) is 4.45. The van der Waals surface area contributed by atoms with Crippen LogP contribution in [-0.2, 0) is 11.3 Å². The highest BCUT2D eigenvalue weighted by molar-refractivity contribution is 6.02. The molecular formula is C27H23N5O. The molecule has 5 rings (SSSR count). The summed E-state index contributed by atoms with van der Waals surface area (Å²) in [6, 6.07) is 24.4. The molecule has 0 aliphatic carbocycles. The lowest BCUT2D eigenvalue weighted by Gasteiger charge is -2.11. The zero-order valence-corrected chi connectivity index (χ0v) is 18.2. The number of hydrogen-bond acceptors (Lipinski definition) is 4. The summed E-state index contributed by atoms with van der Waals surface area (Å²) in [7, 11) is 0. The van der Waals surface area contributed by atoms with Gasteiger partial charge in [0.1, 0.15) is 12.1 Å². The summed E-state index contributed by atoms with van der Waals surface area (Å²) in [5, 5.41) is 8.26. The molecule has 2 N–H and O–H groups in total. The van der Waals surface area contributed by atoms with E-state index in [9.17, 15) is 4.79 Å². The second kappa shape index (κ2) is 8.96. The molecule has 1 amide bonds. The highest BCUT2D eigenvalue weighted by atomic mass is 16.1. The highest BCUT2D eigenvalue weighted by Gasteiger charge is 2.08. The van der Waals surface area contributed by atoms with Crippen LogP contribution in [0.3, 0.4) is 0 Å². The Labute approximate surface area is 191 Å². The number of rotatable bonds is 6. The summed E-state index contributed by atoms with van der Waals surface area (Å²) in [5.41, 5.74) is 4.86. The summed E-state index contributed by atoms with van der Waals surface area (Å²) in [4.78, 5) is 20.7. The van der Waals surface area contributed by atoms with Gasteiger partial charge < -0.3 is 15.2 Å². The largest absolute Gasteiger partial charge is 0.343 e. The van der Waals surface area contributed by atoms with Crippen LogP contribution in [0.4, 0.5) is 17.2 Å². The van der Waals surface area contributed by atoms with Crippen molar-refractivity contribution in [2.45, 2.75) is 13.5 Å². The van der Waals surface area contributed by atoms with Crippen LogP contribution in [0.15, 0.2) is 97.5 Å². The van der Waals surface area contributed by atoms with Crippen LogP contribution < -0.4 is 10.6 Å². The lowest BCUT2D eigenvalue weighted by molar-refractivity contribution is -0.111. The van der Waals surface area contributed by atoms with E-state index >= 15 is 0 Å². The first-order valence-corrected chi connectivity index (χ1v) is 10.8. The van der Waals surface area contributed by atoms with Crippen LogP contribution >= 0.6 is 0 Å². The van der Waals surface area contributed by atoms with Gasteiger partial charge in [-0.1, -0.05) is 36.4 Å². The number of hydrogen-bond donors (Lipinski definition) is 2. The highest BCUT2D eigenvalue weighted by Crippen LogP contribution is 2.28. The van der Waals surface area contributed by atoms with Gasteiger partial charge in [0.05, 0.1) is 5.52 Å². The number of aromatic nitrogens is 3. The molecule has 33 heavy (non-hydrogen) atoms. The number of benzene rings is 3. The molecule has 0 unspecified atom stereocenters. The normalized spacial score (nSPS) is 11.3. The van der Waals surface area contributed by atoms with E-state index in [0.29, 0.717) is 11.5 Å². The van der Waals surface area contributed by atoms with Gasteiger partial charge in [0.25, 0.3) is 0 Å². The Kier molecular flexibility index (Phi) is 5.55. The van der Waals surface area contributed by atoms with Gasteiger partial charge in [-0.2, -0.15) is 0 Å². The van der Waals surface area contributed by atoms with Crippen molar-refractivity contribution < 1.29 is 4.79 Å². The zero-order valence-electron chi connectivity index (χ0n) is 18.2. The topological polar surface area (TPSA) is 71.8 Å². The third-order valence-corrected chi connectivity index (χ3v) is 5.45. The lowest BCUT2D eigenvalue weighted by Crippen LogP contribution is -2.07. The molecule has 0 atom stereocenters. The monoisotopic (exact) mass is 433 g/mol. The Hall–Kier alpha value is -4.45. The van der Waals surface area contributed by atoms with Crippen LogP contribution in [0, 0.1) is 0 Å². The average molecular weight is 434 g/mol. The Morgan fingerprint density at radius 1 is 0.970 bits per heavy atom. The zero-order chi connectivity index (χ0) is 22.6. The molecule has 0 fully saturated rings. The van der Waals surface area contributed by atoms with Gasteiger partial charge in [-0.15, -0.1) is 0 Å². The van der Waals surface area contributed by atoms with E-state index < -0.39 is 0 Å². The number of carbonyl (C=O) groups excluding carboxylic acids is 1. The van der Waals surface area contributed by atoms with Gasteiger partial charge in [-0.05, 0) is 61.0 Å². The standard InChI is InChI=1S/C27H23N5O/c1-2-6-26(33)30-22-9-11-24-23(16-22)27(29-18-28-24)31-21-10-12-25-20(15-21)13-14-32(25)17-19-7-4-3-5-8-19/h2-16,18H,17H2,1H3,(H,30,33)(H,28,29,31)/b6-2+. The number of fused-ring (bicyclic) bond motifs is 2. The molecule has 0 aliphatic heterocycles. The molecule has 3 aromatic carbocycles. The lowest BCUT2D eigenvalue weighted by atomic mass is 10.2. The van der Waals surface area contributed by atoms with E-state index in [1.807, 2.05) is 31.2 Å². The quantitative estimate of drug-likeness (QED) is 0.328. The number of nitrogens with one attached hydrogen (secondary N) is 2. The maximum Gasteiger partial charge on any atom is 0.248 e. The van der Waals surface area contributed by atoms with E-state index in [1.54, 1.807) is 6.08 Å². The first-order chi connectivity index (χ1) is 16.2. The van der Waals surface area contributed by atoms with Crippen molar-refractivity contribution in [2.24, 2.45) is 0 Å². The molecule has 0 radical (unpaired) electrons. The van der Waals surface area contributed by atoms with Crippen molar-refractivity contribution in [1.29, 1.82) is 0 Å². The predicted molar refractivity (Wildman–Crippen MR) is 134 cm³/mol. The van der Waals surface area contributed by atoms with Crippen molar-refractivity contribution in [3.05, 3.63) is 103 Å². The van der Waals surface area contributed by atoms with E-state index in [0.717, 1.165) is 28.5 Å². The smallest absolute Gasteiger partial charge is 0.248 e. The number of allylic oxidation sites excluding steroid dienone is 1. The number of nitrogens with zero attached hydrogens (tertiary/aromatic N) is 3. The van der Waals surface area contributed by atoms with E-state index in [-0.39, 0.29) is 5.91 Å². The molecule has 0 spiro atoms. The third-order valence-electron chi connectivity index (χ3n) is 5.45. The van der Waals surface area contributed by atoms with Crippen LogP contribution in [0.25, 0.3) is 21.8 Å². The minimum Gasteiger partial charge on any atom is -0.343 e. The Bertz CT molecular complexity index is 1470. The summed E-state index contributed by atoms with van der Waals surface area (Å²) < 4.78 is 2.24. The molecular weight excluding hydrogens is 410 g/mol. The van der Waals surface area contributed by atoms with Gasteiger partial charge >= 0.3 is 0 Å². The molecule has 0 bridgehead atoms. The van der Waals surface area contributed by atoms with Crippen molar-refractivity contribution >= 4 is 44.9 Å². The van der Waals surface area contributed by atoms with Crippen LogP contribution in [-0.4, -0.2) is 20.4 Å². The van der Waals surface area contributed by atoms with Gasteiger partial charge in [-0.25, -0.2) is 9.97 Å². The van der Waals surface area contributed by atoms with E-state index in [2.05, 4.69) is 79.9 Å². The van der Waals surface area contributed by atoms with Crippen molar-refractivity contribution in [1.82, 2.24) is 14.5 Å². The van der Waals surface area contributed by atoms with Crippen LogP contribution in [0.2, 0.25) is 0 Å². The summed E-state index contributed by atoms with van der Waals surface area (Å²) in [5.74, 6) is 0.513. The maximum absolute atomic E-state index is 11.9. The molecule has 5 aromatic rings. The van der Waals surface area contributed by atoms with Crippen molar-refractivity contribution in [3.63, 3.8) is 0 Å². The van der Waals surface area contributed by atoms with Crippen molar-refractivity contribution in [2.75, 3.05) is 10.6 Å². The van der Waals surface area contributed by atoms with Gasteiger partial charge in [-0.3, -0.25) is 4.79 Å². The minimum atomic E-state index is -0.173. The number of anilines is 3. The minimum absolute atomic E-state index is 0.173. The fourth-order valence-electron chi connectivity index (χ4n) is 3.90. The second-order valence-corrected chi connectivity index (χ2v) is 7.77. The summed E-state index contributed by atoms with van der Waals surface area (Å²) >= 11 is 0. The maximum atomic E-state index is 11.9. The van der Waals surface area contributed by atoms with Crippen molar-refractivity contribution in [3.8, 4) is 0 Å². The summed E-state index contributed by atoms with van der Waals surface area (Å²) in [6.07, 6.45) is 6.85.